The van der Waals surface area contributed by atoms with Gasteiger partial charge in [-0.15, -0.1) is 24.8 Å². The fourth-order valence-corrected chi connectivity index (χ4v) is 3.03. The second kappa shape index (κ2) is 9.21. The molecule has 0 bridgehead atoms. The van der Waals surface area contributed by atoms with Crippen LogP contribution in [-0.2, 0) is 4.79 Å². The second-order valence-corrected chi connectivity index (χ2v) is 7.34. The Balaban J connectivity index is 0.00000182. The number of amides is 1. The molecule has 1 aliphatic rings. The highest BCUT2D eigenvalue weighted by Gasteiger charge is 2.24. The van der Waals surface area contributed by atoms with Gasteiger partial charge in [0.05, 0.1) is 0 Å². The van der Waals surface area contributed by atoms with E-state index in [0.29, 0.717) is 18.2 Å². The van der Waals surface area contributed by atoms with E-state index in [2.05, 4.69) is 44.3 Å². The lowest BCUT2D eigenvalue weighted by molar-refractivity contribution is -0.115. The van der Waals surface area contributed by atoms with Crippen LogP contribution in [0, 0.1) is 5.41 Å². The maximum atomic E-state index is 12.2. The lowest BCUT2D eigenvalue weighted by Crippen LogP contribution is -2.44. The minimum Gasteiger partial charge on any atom is -0.355 e. The summed E-state index contributed by atoms with van der Waals surface area (Å²) in [6.07, 6.45) is 5.34. The van der Waals surface area contributed by atoms with Crippen LogP contribution in [0.3, 0.4) is 0 Å². The van der Waals surface area contributed by atoms with Gasteiger partial charge in [0, 0.05) is 36.4 Å². The first-order valence-corrected chi connectivity index (χ1v) is 8.26. The van der Waals surface area contributed by atoms with Gasteiger partial charge in [-0.2, -0.15) is 0 Å². The molecule has 1 amide bonds. The number of fused-ring (bicyclic) bond motifs is 1. The molecule has 0 aliphatic carbocycles. The van der Waals surface area contributed by atoms with Gasteiger partial charge in [-0.25, -0.2) is 9.98 Å². The van der Waals surface area contributed by atoms with Gasteiger partial charge in [0.25, 0.3) is 5.91 Å². The van der Waals surface area contributed by atoms with Gasteiger partial charge in [0.15, 0.2) is 0 Å². The molecule has 0 saturated heterocycles. The fourth-order valence-electron chi connectivity index (χ4n) is 3.03. The standard InChI is InChI=1S/C18H24N6O.2ClH/c1-18(2,11-24(3)4)10-21-17-22-14(16(25)23-17)8-12-9-20-15-13(12)6-5-7-19-15;;/h5-9H,10-11H2,1-4H3,(H,19,20)(H2,21,22,23,25);2*1H. The highest BCUT2D eigenvalue weighted by atomic mass is 35.5. The van der Waals surface area contributed by atoms with Gasteiger partial charge in [-0.1, -0.05) is 13.8 Å². The Morgan fingerprint density at radius 2 is 2.04 bits per heavy atom. The molecule has 0 fully saturated rings. The molecule has 0 saturated carbocycles. The molecular formula is C18H26Cl2N6O. The summed E-state index contributed by atoms with van der Waals surface area (Å²) in [5.74, 6) is 0.298. The van der Waals surface area contributed by atoms with Gasteiger partial charge in [-0.3, -0.25) is 10.1 Å². The smallest absolute Gasteiger partial charge is 0.276 e. The SMILES string of the molecule is CN(C)CC(C)(C)CNC1=NC(=Cc2c[nH]c3ncccc23)C(=O)N1.Cl.Cl. The van der Waals surface area contributed by atoms with Crippen LogP contribution < -0.4 is 10.6 Å². The summed E-state index contributed by atoms with van der Waals surface area (Å²) in [6, 6.07) is 3.83. The van der Waals surface area contributed by atoms with E-state index in [1.807, 2.05) is 32.4 Å². The number of nitrogens with zero attached hydrogens (tertiary/aromatic N) is 3. The molecule has 0 unspecified atom stereocenters. The van der Waals surface area contributed by atoms with Crippen molar-refractivity contribution < 1.29 is 4.79 Å². The third-order valence-corrected chi connectivity index (χ3v) is 3.95. The van der Waals surface area contributed by atoms with Crippen LogP contribution in [0.5, 0.6) is 0 Å². The number of halogens is 2. The van der Waals surface area contributed by atoms with E-state index in [-0.39, 0.29) is 36.1 Å². The van der Waals surface area contributed by atoms with E-state index < -0.39 is 0 Å². The van der Waals surface area contributed by atoms with E-state index in [4.69, 9.17) is 0 Å². The quantitative estimate of drug-likeness (QED) is 0.658. The number of aromatic amines is 1. The molecule has 3 N–H and O–H groups in total. The molecule has 0 spiro atoms. The predicted octanol–water partition coefficient (Wildman–Crippen LogP) is 2.41. The number of pyridine rings is 1. The number of nitrogens with one attached hydrogen (secondary N) is 3. The summed E-state index contributed by atoms with van der Waals surface area (Å²) in [6.45, 7) is 6.00. The Bertz CT molecular complexity index is 856. The second-order valence-electron chi connectivity index (χ2n) is 7.34. The number of aromatic nitrogens is 2. The van der Waals surface area contributed by atoms with E-state index in [0.717, 1.165) is 23.1 Å². The highest BCUT2D eigenvalue weighted by molar-refractivity contribution is 6.14. The largest absolute Gasteiger partial charge is 0.355 e. The van der Waals surface area contributed by atoms with Gasteiger partial charge in [0.1, 0.15) is 11.3 Å². The van der Waals surface area contributed by atoms with Crippen molar-refractivity contribution in [2.45, 2.75) is 13.8 Å². The number of H-pyrrole nitrogens is 1. The summed E-state index contributed by atoms with van der Waals surface area (Å²) in [7, 11) is 4.10. The van der Waals surface area contributed by atoms with Crippen molar-refractivity contribution in [1.29, 1.82) is 0 Å². The van der Waals surface area contributed by atoms with Crippen LogP contribution in [0.25, 0.3) is 17.1 Å². The fraction of sp³-hybridized carbons (Fsp3) is 0.389. The van der Waals surface area contributed by atoms with Gasteiger partial charge in [0.2, 0.25) is 5.96 Å². The normalized spacial score (nSPS) is 15.4. The summed E-state index contributed by atoms with van der Waals surface area (Å²) in [5, 5.41) is 6.98. The Morgan fingerprint density at radius 3 is 2.74 bits per heavy atom. The Labute approximate surface area is 171 Å². The van der Waals surface area contributed by atoms with Crippen molar-refractivity contribution in [3.05, 3.63) is 35.8 Å². The van der Waals surface area contributed by atoms with Crippen molar-refractivity contribution in [2.75, 3.05) is 27.2 Å². The zero-order chi connectivity index (χ0) is 18.0. The zero-order valence-corrected chi connectivity index (χ0v) is 17.5. The molecule has 2 aromatic heterocycles. The number of rotatable bonds is 5. The van der Waals surface area contributed by atoms with E-state index in [1.165, 1.54) is 0 Å². The summed E-state index contributed by atoms with van der Waals surface area (Å²) in [5.41, 5.74) is 2.13. The number of carbonyl (C=O) groups excluding carboxylic acids is 1. The Morgan fingerprint density at radius 1 is 1.30 bits per heavy atom. The molecule has 0 aromatic carbocycles. The molecule has 0 radical (unpaired) electrons. The zero-order valence-electron chi connectivity index (χ0n) is 15.9. The van der Waals surface area contributed by atoms with E-state index >= 15 is 0 Å². The minimum atomic E-state index is -0.203. The Kier molecular flexibility index (Phi) is 7.83. The number of guanidine groups is 1. The first-order chi connectivity index (χ1) is 11.8. The van der Waals surface area contributed by atoms with Crippen LogP contribution in [0.4, 0.5) is 0 Å². The lowest BCUT2D eigenvalue weighted by Gasteiger charge is -2.28. The third kappa shape index (κ3) is 5.69. The number of hydrogen-bond acceptors (Lipinski definition) is 5. The van der Waals surface area contributed by atoms with Crippen molar-refractivity contribution in [1.82, 2.24) is 25.5 Å². The molecule has 7 nitrogen and oxygen atoms in total. The maximum Gasteiger partial charge on any atom is 0.276 e. The predicted molar refractivity (Wildman–Crippen MR) is 114 cm³/mol. The van der Waals surface area contributed by atoms with Gasteiger partial charge < -0.3 is 15.2 Å². The lowest BCUT2D eigenvalue weighted by atomic mass is 9.93. The maximum absolute atomic E-state index is 12.2. The van der Waals surface area contributed by atoms with Crippen molar-refractivity contribution in [3.8, 4) is 0 Å². The van der Waals surface area contributed by atoms with Crippen molar-refractivity contribution >= 4 is 53.8 Å². The van der Waals surface area contributed by atoms with Gasteiger partial charge >= 0.3 is 0 Å². The summed E-state index contributed by atoms with van der Waals surface area (Å²) in [4.78, 5) is 26.1. The molecule has 9 heteroatoms. The number of carbonyl (C=O) groups is 1. The third-order valence-electron chi connectivity index (χ3n) is 3.95. The summed E-state index contributed by atoms with van der Waals surface area (Å²) >= 11 is 0. The van der Waals surface area contributed by atoms with E-state index in [1.54, 1.807) is 12.3 Å². The molecule has 0 atom stereocenters. The van der Waals surface area contributed by atoms with E-state index in [9.17, 15) is 4.79 Å². The average molecular weight is 413 g/mol. The van der Waals surface area contributed by atoms with Gasteiger partial charge in [-0.05, 0) is 37.7 Å². The number of aliphatic imine (C=N–C) groups is 1. The topological polar surface area (TPSA) is 85.4 Å². The molecule has 3 rings (SSSR count). The Hall–Kier alpha value is -2.09. The molecule has 3 heterocycles. The van der Waals surface area contributed by atoms with Crippen LogP contribution in [-0.4, -0.2) is 53.9 Å². The van der Waals surface area contributed by atoms with Crippen molar-refractivity contribution in [2.24, 2.45) is 10.4 Å². The monoisotopic (exact) mass is 412 g/mol. The van der Waals surface area contributed by atoms with Crippen LogP contribution >= 0.6 is 24.8 Å². The first-order valence-electron chi connectivity index (χ1n) is 8.26. The number of hydrogen-bond donors (Lipinski definition) is 3. The first kappa shape index (κ1) is 23.0. The molecule has 2 aromatic rings. The van der Waals surface area contributed by atoms with Crippen LogP contribution in [0.15, 0.2) is 35.2 Å². The highest BCUT2D eigenvalue weighted by Crippen LogP contribution is 2.20. The van der Waals surface area contributed by atoms with Crippen LogP contribution in [0.1, 0.15) is 19.4 Å². The summed E-state index contributed by atoms with van der Waals surface area (Å²) < 4.78 is 0. The molecule has 148 valence electrons. The minimum absolute atomic E-state index is 0. The molecular weight excluding hydrogens is 387 g/mol. The van der Waals surface area contributed by atoms with Crippen LogP contribution in [0.2, 0.25) is 0 Å². The van der Waals surface area contributed by atoms with Crippen molar-refractivity contribution in [3.63, 3.8) is 0 Å². The average Bonchev–Trinajstić information content (AvgIpc) is 3.09. The molecule has 27 heavy (non-hydrogen) atoms. The molecule has 1 aliphatic heterocycles.